The second kappa shape index (κ2) is 8.17. The molecule has 6 heteroatoms. The van der Waals surface area contributed by atoms with Gasteiger partial charge in [0.1, 0.15) is 11.5 Å². The number of ether oxygens (including phenoxy) is 2. The Morgan fingerprint density at radius 1 is 1.11 bits per heavy atom. The number of carbonyl (C=O) groups excluding carboxylic acids is 2. The Morgan fingerprint density at radius 3 is 2.43 bits per heavy atom. The molecule has 1 aliphatic heterocycles. The Bertz CT molecular complexity index is 920. The monoisotopic (exact) mass is 381 g/mol. The van der Waals surface area contributed by atoms with Crippen LogP contribution >= 0.6 is 0 Å². The average molecular weight is 381 g/mol. The second-order valence-corrected chi connectivity index (χ2v) is 6.56. The van der Waals surface area contributed by atoms with Crippen LogP contribution < -0.4 is 9.47 Å². The number of hydrogen-bond donors (Lipinski definition) is 1. The van der Waals surface area contributed by atoms with Crippen LogP contribution in [0.1, 0.15) is 24.1 Å². The summed E-state index contributed by atoms with van der Waals surface area (Å²) in [5, 5.41) is 10.4. The molecule has 0 spiro atoms. The van der Waals surface area contributed by atoms with Crippen LogP contribution in [0.15, 0.2) is 59.9 Å². The van der Waals surface area contributed by atoms with E-state index in [1.807, 2.05) is 30.3 Å². The molecule has 0 aliphatic carbocycles. The summed E-state index contributed by atoms with van der Waals surface area (Å²) in [5.74, 6) is -0.322. The van der Waals surface area contributed by atoms with E-state index in [1.54, 1.807) is 25.3 Å². The summed E-state index contributed by atoms with van der Waals surface area (Å²) in [4.78, 5) is 26.5. The van der Waals surface area contributed by atoms with E-state index in [0.717, 1.165) is 5.56 Å². The van der Waals surface area contributed by atoms with Gasteiger partial charge < -0.3 is 19.5 Å². The second-order valence-electron chi connectivity index (χ2n) is 6.56. The fourth-order valence-corrected chi connectivity index (χ4v) is 3.51. The summed E-state index contributed by atoms with van der Waals surface area (Å²) in [6.07, 6.45) is 0.597. The highest BCUT2D eigenvalue weighted by molar-refractivity contribution is 6.08. The van der Waals surface area contributed by atoms with E-state index in [0.29, 0.717) is 30.0 Å². The van der Waals surface area contributed by atoms with Crippen molar-refractivity contribution in [3.63, 3.8) is 0 Å². The molecule has 1 heterocycles. The Labute approximate surface area is 164 Å². The van der Waals surface area contributed by atoms with Crippen LogP contribution in [-0.2, 0) is 16.0 Å². The fraction of sp³-hybridized carbons (Fsp3) is 0.273. The lowest BCUT2D eigenvalue weighted by Gasteiger charge is -2.28. The zero-order chi connectivity index (χ0) is 20.3. The number of methoxy groups -OCH3 is 2. The van der Waals surface area contributed by atoms with Crippen LogP contribution in [0.25, 0.3) is 0 Å². The van der Waals surface area contributed by atoms with Gasteiger partial charge in [0, 0.05) is 18.2 Å². The van der Waals surface area contributed by atoms with E-state index >= 15 is 0 Å². The maximum atomic E-state index is 12.7. The maximum Gasteiger partial charge on any atom is 0.290 e. The lowest BCUT2D eigenvalue weighted by Crippen LogP contribution is -2.33. The van der Waals surface area contributed by atoms with Crippen LogP contribution in [-0.4, -0.2) is 42.5 Å². The topological polar surface area (TPSA) is 76.1 Å². The van der Waals surface area contributed by atoms with E-state index in [1.165, 1.54) is 18.9 Å². The van der Waals surface area contributed by atoms with Crippen molar-refractivity contribution in [2.75, 3.05) is 20.8 Å². The van der Waals surface area contributed by atoms with Crippen LogP contribution in [0, 0.1) is 0 Å². The van der Waals surface area contributed by atoms with Crippen molar-refractivity contribution in [1.29, 1.82) is 0 Å². The molecule has 0 fully saturated rings. The highest BCUT2D eigenvalue weighted by atomic mass is 16.5. The number of hydrogen-bond acceptors (Lipinski definition) is 5. The van der Waals surface area contributed by atoms with Gasteiger partial charge in [-0.2, -0.15) is 0 Å². The lowest BCUT2D eigenvalue weighted by molar-refractivity contribution is -0.129. The first-order chi connectivity index (χ1) is 13.5. The molecular weight excluding hydrogens is 358 g/mol. The van der Waals surface area contributed by atoms with Gasteiger partial charge in [-0.15, -0.1) is 0 Å². The van der Waals surface area contributed by atoms with Gasteiger partial charge in [-0.25, -0.2) is 0 Å². The predicted molar refractivity (Wildman–Crippen MR) is 104 cm³/mol. The van der Waals surface area contributed by atoms with E-state index in [2.05, 4.69) is 0 Å². The van der Waals surface area contributed by atoms with Crippen LogP contribution in [0.2, 0.25) is 0 Å². The van der Waals surface area contributed by atoms with Gasteiger partial charge in [0.25, 0.3) is 5.91 Å². The van der Waals surface area contributed by atoms with Crippen molar-refractivity contribution in [3.05, 3.63) is 71.0 Å². The molecule has 0 radical (unpaired) electrons. The van der Waals surface area contributed by atoms with Gasteiger partial charge in [0.05, 0.1) is 25.8 Å². The number of rotatable bonds is 7. The summed E-state index contributed by atoms with van der Waals surface area (Å²) < 4.78 is 10.7. The number of carbonyl (C=O) groups is 2. The third-order valence-corrected chi connectivity index (χ3v) is 4.90. The van der Waals surface area contributed by atoms with E-state index < -0.39 is 17.7 Å². The van der Waals surface area contributed by atoms with E-state index in [9.17, 15) is 14.7 Å². The number of ketones is 1. The highest BCUT2D eigenvalue weighted by Crippen LogP contribution is 2.42. The number of Topliss-reactive ketones (excluding diaryl/α,β-unsaturated/α-hetero) is 1. The zero-order valence-corrected chi connectivity index (χ0v) is 16.1. The predicted octanol–water partition coefficient (Wildman–Crippen LogP) is 3.23. The van der Waals surface area contributed by atoms with Gasteiger partial charge in [-0.3, -0.25) is 9.59 Å². The molecule has 0 aromatic heterocycles. The van der Waals surface area contributed by atoms with Crippen molar-refractivity contribution in [1.82, 2.24) is 4.90 Å². The summed E-state index contributed by atoms with van der Waals surface area (Å²) in [7, 11) is 3.06. The van der Waals surface area contributed by atoms with E-state index in [4.69, 9.17) is 9.47 Å². The first-order valence-electron chi connectivity index (χ1n) is 8.98. The summed E-state index contributed by atoms with van der Waals surface area (Å²) >= 11 is 0. The standard InChI is InChI=1S/C22H23NO5/c1-14(24)19-20(17-10-9-16(27-2)13-18(17)28-3)23(22(26)21(19)25)12-11-15-7-5-4-6-8-15/h4-10,13,20,25H,11-12H2,1-3H3/t20-/m1/s1. The fourth-order valence-electron chi connectivity index (χ4n) is 3.51. The van der Waals surface area contributed by atoms with Crippen molar-refractivity contribution < 1.29 is 24.2 Å². The van der Waals surface area contributed by atoms with Crippen molar-refractivity contribution in [2.45, 2.75) is 19.4 Å². The van der Waals surface area contributed by atoms with Crippen molar-refractivity contribution in [3.8, 4) is 11.5 Å². The number of amides is 1. The lowest BCUT2D eigenvalue weighted by atomic mass is 9.95. The number of aliphatic hydroxyl groups is 1. The van der Waals surface area contributed by atoms with Gasteiger partial charge in [-0.05, 0) is 31.0 Å². The number of benzene rings is 2. The summed E-state index contributed by atoms with van der Waals surface area (Å²) in [5.41, 5.74) is 1.77. The minimum Gasteiger partial charge on any atom is -0.503 e. The minimum absolute atomic E-state index is 0.0847. The Balaban J connectivity index is 2.01. The third kappa shape index (κ3) is 3.58. The molecule has 1 N–H and O–H groups in total. The summed E-state index contributed by atoms with van der Waals surface area (Å²) in [6.45, 7) is 1.70. The largest absolute Gasteiger partial charge is 0.503 e. The quantitative estimate of drug-likeness (QED) is 0.797. The van der Waals surface area contributed by atoms with Crippen molar-refractivity contribution in [2.24, 2.45) is 0 Å². The third-order valence-electron chi connectivity index (χ3n) is 4.90. The molecule has 2 aromatic rings. The van der Waals surface area contributed by atoms with Crippen LogP contribution in [0.5, 0.6) is 11.5 Å². The minimum atomic E-state index is -0.713. The van der Waals surface area contributed by atoms with Gasteiger partial charge in [0.15, 0.2) is 11.5 Å². The first kappa shape index (κ1) is 19.5. The molecule has 2 aromatic carbocycles. The van der Waals surface area contributed by atoms with Crippen LogP contribution in [0.3, 0.4) is 0 Å². The Hall–Kier alpha value is -3.28. The molecule has 3 rings (SSSR count). The molecule has 146 valence electrons. The van der Waals surface area contributed by atoms with E-state index in [-0.39, 0.29) is 11.4 Å². The normalized spacial score (nSPS) is 16.5. The van der Waals surface area contributed by atoms with Gasteiger partial charge in [-0.1, -0.05) is 30.3 Å². The Morgan fingerprint density at radius 2 is 1.82 bits per heavy atom. The van der Waals surface area contributed by atoms with Gasteiger partial charge >= 0.3 is 0 Å². The number of aliphatic hydroxyl groups excluding tert-OH is 1. The maximum absolute atomic E-state index is 12.7. The Kier molecular flexibility index (Phi) is 5.68. The molecule has 0 unspecified atom stereocenters. The molecule has 1 amide bonds. The molecule has 0 saturated carbocycles. The smallest absolute Gasteiger partial charge is 0.290 e. The molecule has 6 nitrogen and oxygen atoms in total. The van der Waals surface area contributed by atoms with Crippen molar-refractivity contribution >= 4 is 11.7 Å². The molecule has 1 aliphatic rings. The first-order valence-corrected chi connectivity index (χ1v) is 8.98. The molecular formula is C22H23NO5. The molecule has 0 saturated heterocycles. The molecule has 0 bridgehead atoms. The number of nitrogens with zero attached hydrogens (tertiary/aromatic N) is 1. The summed E-state index contributed by atoms with van der Waals surface area (Å²) in [6, 6.07) is 14.2. The zero-order valence-electron chi connectivity index (χ0n) is 16.1. The van der Waals surface area contributed by atoms with Crippen LogP contribution in [0.4, 0.5) is 0 Å². The SMILES string of the molecule is COc1ccc([C@@H]2C(C(C)=O)=C(O)C(=O)N2CCc2ccccc2)c(OC)c1. The van der Waals surface area contributed by atoms with Gasteiger partial charge in [0.2, 0.25) is 0 Å². The highest BCUT2D eigenvalue weighted by Gasteiger charge is 2.43. The average Bonchev–Trinajstić information content (AvgIpc) is 2.97. The molecule has 28 heavy (non-hydrogen) atoms. The molecule has 1 atom stereocenters.